The van der Waals surface area contributed by atoms with Gasteiger partial charge in [0, 0.05) is 18.7 Å². The minimum atomic E-state index is -0.505. The molecular formula is C23H32N6O3. The van der Waals surface area contributed by atoms with Crippen LogP contribution in [0.5, 0.6) is 0 Å². The number of aromatic nitrogens is 4. The number of rotatable bonds is 11. The molecule has 9 heteroatoms. The van der Waals surface area contributed by atoms with Crippen LogP contribution in [0, 0.1) is 6.92 Å². The Morgan fingerprint density at radius 1 is 1.09 bits per heavy atom. The van der Waals surface area contributed by atoms with Crippen molar-refractivity contribution in [2.75, 3.05) is 17.2 Å². The molecular weight excluding hydrogens is 408 g/mol. The van der Waals surface area contributed by atoms with Gasteiger partial charge in [-0.3, -0.25) is 14.3 Å². The van der Waals surface area contributed by atoms with Crippen molar-refractivity contribution in [2.45, 2.75) is 66.0 Å². The largest absolute Gasteiger partial charge is 0.383 e. The smallest absolute Gasteiger partial charge is 0.330 e. The number of aromatic amines is 1. The Labute approximate surface area is 187 Å². The Kier molecular flexibility index (Phi) is 7.86. The number of hydrogen-bond acceptors (Lipinski definition) is 7. The molecule has 0 bridgehead atoms. The second-order valence-electron chi connectivity index (χ2n) is 8.00. The third-order valence-corrected chi connectivity index (χ3v) is 5.40. The molecule has 0 amide bonds. The molecule has 0 aliphatic heterocycles. The predicted molar refractivity (Wildman–Crippen MR) is 126 cm³/mol. The lowest BCUT2D eigenvalue weighted by atomic mass is 10.1. The molecule has 2 heterocycles. The third-order valence-electron chi connectivity index (χ3n) is 5.40. The van der Waals surface area contributed by atoms with Gasteiger partial charge in [-0.1, -0.05) is 68.1 Å². The maximum absolute atomic E-state index is 12.8. The number of H-pyrrole nitrogens is 1. The van der Waals surface area contributed by atoms with Crippen molar-refractivity contribution in [3.63, 3.8) is 0 Å². The summed E-state index contributed by atoms with van der Waals surface area (Å²) in [6.45, 7) is 7.42. The Morgan fingerprint density at radius 3 is 2.50 bits per heavy atom. The summed E-state index contributed by atoms with van der Waals surface area (Å²) in [6.07, 6.45) is 4.60. The molecule has 9 nitrogen and oxygen atoms in total. The van der Waals surface area contributed by atoms with Gasteiger partial charge in [-0.2, -0.15) is 4.98 Å². The van der Waals surface area contributed by atoms with Gasteiger partial charge in [-0.25, -0.2) is 4.79 Å². The number of nitrogen functional groups attached to an aromatic ring is 1. The summed E-state index contributed by atoms with van der Waals surface area (Å²) >= 11 is 0. The van der Waals surface area contributed by atoms with E-state index in [4.69, 9.17) is 10.3 Å². The zero-order chi connectivity index (χ0) is 23.1. The molecule has 0 saturated heterocycles. The fourth-order valence-electron chi connectivity index (χ4n) is 3.55. The maximum atomic E-state index is 12.8. The number of nitrogens with zero attached hydrogens (tertiary/aromatic N) is 4. The molecule has 0 aliphatic carbocycles. The van der Waals surface area contributed by atoms with E-state index in [2.05, 4.69) is 22.0 Å². The van der Waals surface area contributed by atoms with Gasteiger partial charge in [-0.05, 0) is 19.8 Å². The molecule has 3 aromatic rings. The number of nitrogens with two attached hydrogens (primary N) is 1. The highest BCUT2D eigenvalue weighted by Crippen LogP contribution is 2.22. The number of nitrogens with one attached hydrogen (secondary N) is 1. The second-order valence-corrected chi connectivity index (χ2v) is 8.00. The number of unbranched alkanes of at least 4 members (excludes halogenated alkanes) is 3. The van der Waals surface area contributed by atoms with Gasteiger partial charge in [0.15, 0.2) is 0 Å². The summed E-state index contributed by atoms with van der Waals surface area (Å²) in [4.78, 5) is 33.8. The van der Waals surface area contributed by atoms with E-state index in [0.717, 1.165) is 43.2 Å². The van der Waals surface area contributed by atoms with Crippen molar-refractivity contribution in [2.24, 2.45) is 0 Å². The van der Waals surface area contributed by atoms with Gasteiger partial charge in [0.2, 0.25) is 11.7 Å². The van der Waals surface area contributed by atoms with E-state index in [1.54, 1.807) is 0 Å². The molecule has 3 rings (SSSR count). The lowest BCUT2D eigenvalue weighted by Gasteiger charge is -2.24. The van der Waals surface area contributed by atoms with Crippen molar-refractivity contribution in [3.8, 4) is 11.4 Å². The van der Waals surface area contributed by atoms with Gasteiger partial charge in [-0.15, -0.1) is 0 Å². The first kappa shape index (κ1) is 23.3. The first-order valence-electron chi connectivity index (χ1n) is 11.2. The second kappa shape index (κ2) is 10.8. The quantitative estimate of drug-likeness (QED) is 0.438. The minimum absolute atomic E-state index is 0.168. The predicted octanol–water partition coefficient (Wildman–Crippen LogP) is 3.47. The molecule has 1 aromatic carbocycles. The average Bonchev–Trinajstić information content (AvgIpc) is 3.22. The monoisotopic (exact) mass is 440 g/mol. The average molecular weight is 441 g/mol. The van der Waals surface area contributed by atoms with E-state index < -0.39 is 11.2 Å². The molecule has 0 spiro atoms. The van der Waals surface area contributed by atoms with Crippen LogP contribution in [0.15, 0.2) is 38.4 Å². The summed E-state index contributed by atoms with van der Waals surface area (Å²) in [5, 5.41) is 4.09. The summed E-state index contributed by atoms with van der Waals surface area (Å²) < 4.78 is 6.91. The van der Waals surface area contributed by atoms with Crippen LogP contribution in [0.25, 0.3) is 11.4 Å². The summed E-state index contributed by atoms with van der Waals surface area (Å²) in [7, 11) is 0. The highest BCUT2D eigenvalue weighted by molar-refractivity contribution is 5.62. The number of hydrogen-bond donors (Lipinski definition) is 2. The summed E-state index contributed by atoms with van der Waals surface area (Å²) in [6, 6.07) is 7.86. The van der Waals surface area contributed by atoms with Crippen molar-refractivity contribution < 1.29 is 4.52 Å². The number of aryl methyl sites for hydroxylation is 1. The molecule has 2 aromatic heterocycles. The van der Waals surface area contributed by atoms with E-state index in [9.17, 15) is 9.59 Å². The van der Waals surface area contributed by atoms with E-state index >= 15 is 0 Å². The molecule has 3 N–H and O–H groups in total. The Bertz CT molecular complexity index is 1130. The van der Waals surface area contributed by atoms with E-state index in [1.807, 2.05) is 43.0 Å². The Balaban J connectivity index is 1.93. The summed E-state index contributed by atoms with van der Waals surface area (Å²) in [5.74, 6) is 1.03. The van der Waals surface area contributed by atoms with Gasteiger partial charge in [0.1, 0.15) is 11.5 Å². The normalized spacial score (nSPS) is 11.1. The fourth-order valence-corrected chi connectivity index (χ4v) is 3.55. The van der Waals surface area contributed by atoms with Crippen LogP contribution in [0.4, 0.5) is 11.5 Å². The lowest BCUT2D eigenvalue weighted by molar-refractivity contribution is 0.375. The molecule has 0 radical (unpaired) electrons. The first-order valence-corrected chi connectivity index (χ1v) is 11.2. The highest BCUT2D eigenvalue weighted by Gasteiger charge is 2.21. The highest BCUT2D eigenvalue weighted by atomic mass is 16.5. The van der Waals surface area contributed by atoms with Crippen LogP contribution >= 0.6 is 0 Å². The molecule has 0 fully saturated rings. The van der Waals surface area contributed by atoms with Crippen LogP contribution in [0.3, 0.4) is 0 Å². The summed E-state index contributed by atoms with van der Waals surface area (Å²) in [5.41, 5.74) is 7.61. The van der Waals surface area contributed by atoms with E-state index in [1.165, 1.54) is 4.57 Å². The van der Waals surface area contributed by atoms with E-state index in [-0.39, 0.29) is 18.1 Å². The fraction of sp³-hybridized carbons (Fsp3) is 0.478. The molecule has 32 heavy (non-hydrogen) atoms. The van der Waals surface area contributed by atoms with Crippen LogP contribution in [-0.2, 0) is 13.1 Å². The SMILES string of the molecule is CCCCCN(Cc1nc(-c2ccc(C)cc2)no1)c1c(N)n(CCCC)c(=O)[nH]c1=O. The molecule has 172 valence electrons. The van der Waals surface area contributed by atoms with Crippen molar-refractivity contribution in [1.29, 1.82) is 0 Å². The van der Waals surface area contributed by atoms with E-state index in [0.29, 0.717) is 24.8 Å². The van der Waals surface area contributed by atoms with Crippen LogP contribution in [0.2, 0.25) is 0 Å². The minimum Gasteiger partial charge on any atom is -0.383 e. The maximum Gasteiger partial charge on any atom is 0.330 e. The van der Waals surface area contributed by atoms with Crippen LogP contribution in [-0.4, -0.2) is 26.2 Å². The van der Waals surface area contributed by atoms with Gasteiger partial charge >= 0.3 is 5.69 Å². The van der Waals surface area contributed by atoms with Gasteiger partial charge < -0.3 is 15.2 Å². The lowest BCUT2D eigenvalue weighted by Crippen LogP contribution is -2.38. The zero-order valence-electron chi connectivity index (χ0n) is 19.1. The first-order chi connectivity index (χ1) is 15.4. The van der Waals surface area contributed by atoms with Crippen molar-refractivity contribution in [3.05, 3.63) is 56.6 Å². The molecule has 0 aliphatic rings. The number of benzene rings is 1. The standard InChI is InChI=1S/C23H32N6O3/c1-4-6-8-13-28(19-20(24)29(14-7-5-2)23(31)26-22(19)30)15-18-25-21(27-32-18)17-11-9-16(3)10-12-17/h9-12H,4-8,13-15,24H2,1-3H3,(H,26,30,31). The van der Waals surface area contributed by atoms with Gasteiger partial charge in [0.05, 0.1) is 6.54 Å². The topological polar surface area (TPSA) is 123 Å². The Hall–Kier alpha value is -3.36. The van der Waals surface area contributed by atoms with Crippen molar-refractivity contribution >= 4 is 11.5 Å². The molecule has 0 saturated carbocycles. The zero-order valence-corrected chi connectivity index (χ0v) is 19.1. The van der Waals surface area contributed by atoms with Gasteiger partial charge in [0.25, 0.3) is 5.56 Å². The molecule has 0 unspecified atom stereocenters. The number of anilines is 2. The van der Waals surface area contributed by atoms with Crippen molar-refractivity contribution in [1.82, 2.24) is 19.7 Å². The van der Waals surface area contributed by atoms with Crippen LogP contribution < -0.4 is 21.9 Å². The Morgan fingerprint density at radius 2 is 1.81 bits per heavy atom. The molecule has 0 atom stereocenters. The van der Waals surface area contributed by atoms with Crippen LogP contribution in [0.1, 0.15) is 57.4 Å². The third kappa shape index (κ3) is 5.46.